The van der Waals surface area contributed by atoms with Crippen LogP contribution in [0.4, 0.5) is 4.39 Å². The number of imidazole rings is 1. The Balaban J connectivity index is 1.60. The fraction of sp³-hybridized carbons (Fsp3) is 0.148. The molecule has 0 saturated carbocycles. The molecule has 0 unspecified atom stereocenters. The lowest BCUT2D eigenvalue weighted by atomic mass is 10.2. The van der Waals surface area contributed by atoms with Crippen LogP contribution in [0, 0.1) is 5.82 Å². The van der Waals surface area contributed by atoms with E-state index in [1.54, 1.807) is 35.9 Å². The van der Waals surface area contributed by atoms with Crippen molar-refractivity contribution in [1.82, 2.24) is 18.7 Å². The molecule has 0 saturated heterocycles. The summed E-state index contributed by atoms with van der Waals surface area (Å²) in [6.45, 7) is 0.679. The van der Waals surface area contributed by atoms with Crippen LogP contribution in [0.2, 0.25) is 0 Å². The molecule has 9 heteroatoms. The second-order valence-corrected chi connectivity index (χ2v) is 8.11. The van der Waals surface area contributed by atoms with Crippen LogP contribution in [0.25, 0.3) is 16.9 Å². The highest BCUT2D eigenvalue weighted by Crippen LogP contribution is 2.16. The third-order valence-corrected chi connectivity index (χ3v) is 5.83. The van der Waals surface area contributed by atoms with E-state index >= 15 is 0 Å². The van der Waals surface area contributed by atoms with Gasteiger partial charge in [0.15, 0.2) is 11.2 Å². The van der Waals surface area contributed by atoms with Gasteiger partial charge in [-0.2, -0.15) is 0 Å². The van der Waals surface area contributed by atoms with E-state index in [2.05, 4.69) is 4.98 Å². The first-order valence-electron chi connectivity index (χ1n) is 11.3. The van der Waals surface area contributed by atoms with E-state index in [1.165, 1.54) is 35.2 Å². The number of hydrogen-bond acceptors (Lipinski definition) is 5. The molecule has 36 heavy (non-hydrogen) atoms. The van der Waals surface area contributed by atoms with E-state index in [0.29, 0.717) is 30.3 Å². The molecule has 2 heterocycles. The highest BCUT2D eigenvalue weighted by Gasteiger charge is 2.19. The van der Waals surface area contributed by atoms with E-state index in [9.17, 15) is 14.0 Å². The van der Waals surface area contributed by atoms with Crippen LogP contribution < -0.4 is 20.7 Å². The molecule has 0 aliphatic carbocycles. The molecule has 2 aromatic heterocycles. The van der Waals surface area contributed by atoms with Gasteiger partial charge in [0, 0.05) is 0 Å². The SMILES string of the molecule is COc1ccc(Cn2c(=O)c3c(ncn3CCOc3ccccc3)n(-c3ccc(F)cc3)c2=O)cc1. The van der Waals surface area contributed by atoms with E-state index in [0.717, 1.165) is 10.1 Å². The Kier molecular flexibility index (Phi) is 6.36. The molecule has 182 valence electrons. The number of hydrogen-bond donors (Lipinski definition) is 0. The van der Waals surface area contributed by atoms with Gasteiger partial charge in [-0.1, -0.05) is 30.3 Å². The highest BCUT2D eigenvalue weighted by atomic mass is 19.1. The first-order valence-corrected chi connectivity index (χ1v) is 11.3. The molecule has 0 radical (unpaired) electrons. The van der Waals surface area contributed by atoms with Gasteiger partial charge >= 0.3 is 5.69 Å². The van der Waals surface area contributed by atoms with Crippen LogP contribution in [0.15, 0.2) is 94.8 Å². The fourth-order valence-electron chi connectivity index (χ4n) is 4.00. The summed E-state index contributed by atoms with van der Waals surface area (Å²) in [7, 11) is 1.57. The van der Waals surface area contributed by atoms with Crippen molar-refractivity contribution in [2.75, 3.05) is 13.7 Å². The number of fused-ring (bicyclic) bond motifs is 1. The minimum atomic E-state index is -0.569. The molecule has 5 rings (SSSR count). The Morgan fingerprint density at radius 2 is 1.61 bits per heavy atom. The van der Waals surface area contributed by atoms with E-state index in [4.69, 9.17) is 9.47 Å². The van der Waals surface area contributed by atoms with Crippen molar-refractivity contribution in [2.45, 2.75) is 13.1 Å². The number of halogens is 1. The van der Waals surface area contributed by atoms with Gasteiger partial charge in [0.05, 0.1) is 32.2 Å². The standard InChI is InChI=1S/C27H23FN4O4/c1-35-22-13-7-19(8-14-22)17-31-26(33)24-25(32(27(31)34)21-11-9-20(28)10-12-21)29-18-30(24)15-16-36-23-5-3-2-4-6-23/h2-14,18H,15-17H2,1H3. The summed E-state index contributed by atoms with van der Waals surface area (Å²) < 4.78 is 28.7. The van der Waals surface area contributed by atoms with Crippen molar-refractivity contribution in [3.8, 4) is 17.2 Å². The van der Waals surface area contributed by atoms with Gasteiger partial charge in [0.1, 0.15) is 23.9 Å². The Morgan fingerprint density at radius 1 is 0.889 bits per heavy atom. The summed E-state index contributed by atoms with van der Waals surface area (Å²) >= 11 is 0. The van der Waals surface area contributed by atoms with Crippen LogP contribution in [0.1, 0.15) is 5.56 Å². The zero-order chi connectivity index (χ0) is 25.1. The molecule has 3 aromatic carbocycles. The number of nitrogens with zero attached hydrogens (tertiary/aromatic N) is 4. The van der Waals surface area contributed by atoms with Gasteiger partial charge in [0.2, 0.25) is 0 Å². The zero-order valence-corrected chi connectivity index (χ0v) is 19.5. The average molecular weight is 487 g/mol. The second-order valence-electron chi connectivity index (χ2n) is 8.11. The van der Waals surface area contributed by atoms with Crippen molar-refractivity contribution >= 4 is 11.2 Å². The molecule has 0 amide bonds. The normalized spacial score (nSPS) is 11.1. The van der Waals surface area contributed by atoms with Crippen molar-refractivity contribution in [3.63, 3.8) is 0 Å². The summed E-state index contributed by atoms with van der Waals surface area (Å²) in [6, 6.07) is 22.0. The first-order chi connectivity index (χ1) is 17.5. The molecule has 8 nitrogen and oxygen atoms in total. The van der Waals surface area contributed by atoms with Gasteiger partial charge in [-0.3, -0.25) is 9.36 Å². The third-order valence-electron chi connectivity index (χ3n) is 5.83. The highest BCUT2D eigenvalue weighted by molar-refractivity contribution is 5.72. The summed E-state index contributed by atoms with van der Waals surface area (Å²) in [5.41, 5.74) is 0.563. The largest absolute Gasteiger partial charge is 0.497 e. The number of methoxy groups -OCH3 is 1. The summed E-state index contributed by atoms with van der Waals surface area (Å²) in [6.07, 6.45) is 1.51. The predicted molar refractivity (Wildman–Crippen MR) is 134 cm³/mol. The molecule has 0 aliphatic heterocycles. The van der Waals surface area contributed by atoms with Crippen LogP contribution in [-0.2, 0) is 13.1 Å². The molecule has 0 fully saturated rings. The Labute approximate surface area is 205 Å². The fourth-order valence-corrected chi connectivity index (χ4v) is 4.00. The molecular weight excluding hydrogens is 463 g/mol. The molecule has 0 atom stereocenters. The monoisotopic (exact) mass is 486 g/mol. The van der Waals surface area contributed by atoms with Gasteiger partial charge < -0.3 is 14.0 Å². The third kappa shape index (κ3) is 4.50. The number of rotatable bonds is 8. The summed E-state index contributed by atoms with van der Waals surface area (Å²) in [4.78, 5) is 31.5. The van der Waals surface area contributed by atoms with Gasteiger partial charge in [-0.25, -0.2) is 18.7 Å². The molecular formula is C27H23FN4O4. The number of ether oxygens (including phenoxy) is 2. The van der Waals surface area contributed by atoms with Crippen molar-refractivity contribution in [2.24, 2.45) is 0 Å². The Morgan fingerprint density at radius 3 is 2.31 bits per heavy atom. The van der Waals surface area contributed by atoms with Gasteiger partial charge in [-0.15, -0.1) is 0 Å². The quantitative estimate of drug-likeness (QED) is 0.335. The van der Waals surface area contributed by atoms with Crippen LogP contribution in [-0.4, -0.2) is 32.4 Å². The van der Waals surface area contributed by atoms with Gasteiger partial charge in [0.25, 0.3) is 5.56 Å². The zero-order valence-electron chi connectivity index (χ0n) is 19.5. The molecule has 0 spiro atoms. The first kappa shape index (κ1) is 23.1. The maximum Gasteiger partial charge on any atom is 0.337 e. The maximum atomic E-state index is 13.6. The molecule has 5 aromatic rings. The number of para-hydroxylation sites is 1. The van der Waals surface area contributed by atoms with E-state index < -0.39 is 17.1 Å². The second kappa shape index (κ2) is 9.91. The number of benzene rings is 3. The Bertz CT molecular complexity index is 1610. The van der Waals surface area contributed by atoms with Crippen LogP contribution in [0.3, 0.4) is 0 Å². The lowest BCUT2D eigenvalue weighted by Gasteiger charge is -2.13. The smallest absolute Gasteiger partial charge is 0.337 e. The number of aromatic nitrogens is 4. The minimum absolute atomic E-state index is 0.0461. The average Bonchev–Trinajstić information content (AvgIpc) is 3.32. The van der Waals surface area contributed by atoms with Crippen LogP contribution in [0.5, 0.6) is 11.5 Å². The van der Waals surface area contributed by atoms with Crippen molar-refractivity contribution in [3.05, 3.63) is 117 Å². The lowest BCUT2D eigenvalue weighted by molar-refractivity contribution is 0.300. The van der Waals surface area contributed by atoms with E-state index in [-0.39, 0.29) is 17.7 Å². The summed E-state index contributed by atoms with van der Waals surface area (Å²) in [5.74, 6) is 0.946. The molecule has 0 N–H and O–H groups in total. The van der Waals surface area contributed by atoms with Gasteiger partial charge in [-0.05, 0) is 54.1 Å². The lowest BCUT2D eigenvalue weighted by Crippen LogP contribution is -2.40. The minimum Gasteiger partial charge on any atom is -0.497 e. The molecule has 0 aliphatic rings. The predicted octanol–water partition coefficient (Wildman–Crippen LogP) is 3.62. The summed E-state index contributed by atoms with van der Waals surface area (Å²) in [5, 5.41) is 0. The van der Waals surface area contributed by atoms with Crippen molar-refractivity contribution in [1.29, 1.82) is 0 Å². The topological polar surface area (TPSA) is 80.3 Å². The molecule has 0 bridgehead atoms. The van der Waals surface area contributed by atoms with E-state index in [1.807, 2.05) is 30.3 Å². The Hall–Kier alpha value is -4.66. The maximum absolute atomic E-state index is 13.6. The van der Waals surface area contributed by atoms with Crippen molar-refractivity contribution < 1.29 is 13.9 Å². The van der Waals surface area contributed by atoms with Crippen LogP contribution >= 0.6 is 0 Å².